The van der Waals surface area contributed by atoms with Crippen molar-refractivity contribution in [3.63, 3.8) is 0 Å². The molecule has 4 heteroatoms. The topological polar surface area (TPSA) is 45.2 Å². The van der Waals surface area contributed by atoms with Crippen molar-refractivity contribution in [2.75, 3.05) is 19.6 Å². The van der Waals surface area contributed by atoms with Gasteiger partial charge < -0.3 is 10.2 Å². The number of nitrogens with zero attached hydrogens (tertiary/aromatic N) is 2. The van der Waals surface area contributed by atoms with Gasteiger partial charge in [0.15, 0.2) is 0 Å². The van der Waals surface area contributed by atoms with E-state index in [0.717, 1.165) is 30.4 Å². The zero-order valence-electron chi connectivity index (χ0n) is 14.7. The molecule has 1 amide bonds. The van der Waals surface area contributed by atoms with Gasteiger partial charge in [-0.15, -0.1) is 0 Å². The first kappa shape index (κ1) is 16.9. The number of rotatable bonds is 5. The Labute approximate surface area is 144 Å². The molecule has 0 aliphatic carbocycles. The second kappa shape index (κ2) is 7.75. The van der Waals surface area contributed by atoms with Crippen LogP contribution in [0.4, 0.5) is 0 Å². The molecule has 1 aromatic heterocycles. The molecular weight excluding hydrogens is 298 g/mol. The number of aromatic nitrogens is 1. The molecule has 0 bridgehead atoms. The van der Waals surface area contributed by atoms with E-state index < -0.39 is 0 Å². The number of hydrogen-bond donors (Lipinski definition) is 1. The number of para-hydroxylation sites is 1. The molecule has 0 unspecified atom stereocenters. The van der Waals surface area contributed by atoms with Gasteiger partial charge in [-0.2, -0.15) is 0 Å². The Morgan fingerprint density at radius 1 is 1.38 bits per heavy atom. The number of fused-ring (bicyclic) bond motifs is 1. The van der Waals surface area contributed by atoms with E-state index in [4.69, 9.17) is 0 Å². The fourth-order valence-corrected chi connectivity index (χ4v) is 3.49. The standard InChI is InChI=1S/C20H27N3O/c1-15(2)23-11-5-6-16(14-23)9-10-21-20(24)18-12-17-7-3-4-8-19(17)22-13-18/h3-4,7-8,12-13,15-16H,5-6,9-11,14H2,1-2H3,(H,21,24)/t16-/m0/s1. The van der Waals surface area contributed by atoms with E-state index in [-0.39, 0.29) is 5.91 Å². The van der Waals surface area contributed by atoms with Crippen LogP contribution < -0.4 is 5.32 Å². The number of carbonyl (C=O) groups is 1. The van der Waals surface area contributed by atoms with Crippen LogP contribution in [0.3, 0.4) is 0 Å². The van der Waals surface area contributed by atoms with Gasteiger partial charge in [0.25, 0.3) is 5.91 Å². The average molecular weight is 325 g/mol. The Morgan fingerprint density at radius 3 is 3.04 bits per heavy atom. The summed E-state index contributed by atoms with van der Waals surface area (Å²) < 4.78 is 0. The predicted octanol–water partition coefficient (Wildman–Crippen LogP) is 3.48. The second-order valence-corrected chi connectivity index (χ2v) is 7.06. The highest BCUT2D eigenvalue weighted by atomic mass is 16.1. The molecule has 0 radical (unpaired) electrons. The normalized spacial score (nSPS) is 18.9. The molecule has 0 spiro atoms. The Hall–Kier alpha value is -1.94. The first-order valence-corrected chi connectivity index (χ1v) is 9.00. The summed E-state index contributed by atoms with van der Waals surface area (Å²) in [6, 6.07) is 10.4. The van der Waals surface area contributed by atoms with Crippen molar-refractivity contribution in [1.82, 2.24) is 15.2 Å². The van der Waals surface area contributed by atoms with Crippen LogP contribution in [0.15, 0.2) is 36.5 Å². The van der Waals surface area contributed by atoms with E-state index in [1.54, 1.807) is 6.20 Å². The number of amides is 1. The van der Waals surface area contributed by atoms with E-state index >= 15 is 0 Å². The zero-order valence-corrected chi connectivity index (χ0v) is 14.7. The predicted molar refractivity (Wildman–Crippen MR) is 98.1 cm³/mol. The summed E-state index contributed by atoms with van der Waals surface area (Å²) >= 11 is 0. The van der Waals surface area contributed by atoms with Gasteiger partial charge in [-0.1, -0.05) is 18.2 Å². The zero-order chi connectivity index (χ0) is 16.9. The number of benzene rings is 1. The molecule has 1 N–H and O–H groups in total. The van der Waals surface area contributed by atoms with Crippen LogP contribution in [0, 0.1) is 5.92 Å². The summed E-state index contributed by atoms with van der Waals surface area (Å²) in [6.45, 7) is 7.63. The molecule has 3 rings (SSSR count). The van der Waals surface area contributed by atoms with Gasteiger partial charge in [-0.3, -0.25) is 9.78 Å². The van der Waals surface area contributed by atoms with Gasteiger partial charge in [0, 0.05) is 30.7 Å². The molecule has 1 aliphatic heterocycles. The highest BCUT2D eigenvalue weighted by molar-refractivity contribution is 5.97. The molecule has 2 heterocycles. The quantitative estimate of drug-likeness (QED) is 0.915. The Balaban J connectivity index is 1.51. The third-order valence-electron chi connectivity index (χ3n) is 4.97. The van der Waals surface area contributed by atoms with Crippen molar-refractivity contribution in [3.8, 4) is 0 Å². The highest BCUT2D eigenvalue weighted by Crippen LogP contribution is 2.20. The van der Waals surface area contributed by atoms with E-state index in [9.17, 15) is 4.79 Å². The summed E-state index contributed by atoms with van der Waals surface area (Å²) in [5.74, 6) is 0.668. The van der Waals surface area contributed by atoms with E-state index in [1.807, 2.05) is 30.3 Å². The first-order chi connectivity index (χ1) is 11.6. The van der Waals surface area contributed by atoms with Crippen molar-refractivity contribution in [3.05, 3.63) is 42.1 Å². The van der Waals surface area contributed by atoms with Crippen LogP contribution in [0.2, 0.25) is 0 Å². The molecule has 1 aromatic carbocycles. The van der Waals surface area contributed by atoms with Crippen LogP contribution in [0.1, 0.15) is 43.5 Å². The van der Waals surface area contributed by atoms with E-state index in [0.29, 0.717) is 17.5 Å². The smallest absolute Gasteiger partial charge is 0.252 e. The molecule has 0 saturated carbocycles. The molecule has 4 nitrogen and oxygen atoms in total. The lowest BCUT2D eigenvalue weighted by atomic mass is 9.94. The van der Waals surface area contributed by atoms with Crippen molar-refractivity contribution in [2.45, 2.75) is 39.2 Å². The van der Waals surface area contributed by atoms with Crippen molar-refractivity contribution < 1.29 is 4.79 Å². The molecule has 1 fully saturated rings. The highest BCUT2D eigenvalue weighted by Gasteiger charge is 2.21. The fraction of sp³-hybridized carbons (Fsp3) is 0.500. The molecule has 1 saturated heterocycles. The lowest BCUT2D eigenvalue weighted by Gasteiger charge is -2.35. The number of carbonyl (C=O) groups excluding carboxylic acids is 1. The van der Waals surface area contributed by atoms with Gasteiger partial charge in [0.2, 0.25) is 0 Å². The maximum Gasteiger partial charge on any atom is 0.252 e. The van der Waals surface area contributed by atoms with Crippen molar-refractivity contribution in [2.24, 2.45) is 5.92 Å². The Kier molecular flexibility index (Phi) is 5.46. The number of likely N-dealkylation sites (tertiary alicyclic amines) is 1. The van der Waals surface area contributed by atoms with Crippen LogP contribution in [0.25, 0.3) is 10.9 Å². The summed E-state index contributed by atoms with van der Waals surface area (Å²) in [6.07, 6.45) is 5.26. The third-order valence-corrected chi connectivity index (χ3v) is 4.97. The van der Waals surface area contributed by atoms with Crippen LogP contribution in [0.5, 0.6) is 0 Å². The second-order valence-electron chi connectivity index (χ2n) is 7.06. The molecule has 24 heavy (non-hydrogen) atoms. The van der Waals surface area contributed by atoms with Crippen LogP contribution in [-0.2, 0) is 0 Å². The minimum absolute atomic E-state index is 0.0234. The van der Waals surface area contributed by atoms with E-state index in [1.165, 1.54) is 19.4 Å². The Bertz CT molecular complexity index is 698. The fourth-order valence-electron chi connectivity index (χ4n) is 3.49. The van der Waals surface area contributed by atoms with Gasteiger partial charge in [-0.05, 0) is 57.7 Å². The molecule has 1 atom stereocenters. The first-order valence-electron chi connectivity index (χ1n) is 9.00. The number of piperidine rings is 1. The third kappa shape index (κ3) is 4.12. The summed E-state index contributed by atoms with van der Waals surface area (Å²) in [5, 5.41) is 4.06. The van der Waals surface area contributed by atoms with Crippen molar-refractivity contribution >= 4 is 16.8 Å². The number of nitrogens with one attached hydrogen (secondary N) is 1. The summed E-state index contributed by atoms with van der Waals surface area (Å²) in [5.41, 5.74) is 1.56. The molecule has 128 valence electrons. The molecular formula is C20H27N3O. The van der Waals surface area contributed by atoms with Crippen LogP contribution >= 0.6 is 0 Å². The van der Waals surface area contributed by atoms with E-state index in [2.05, 4.69) is 29.0 Å². The van der Waals surface area contributed by atoms with Gasteiger partial charge in [0.1, 0.15) is 0 Å². The van der Waals surface area contributed by atoms with Crippen molar-refractivity contribution in [1.29, 1.82) is 0 Å². The summed E-state index contributed by atoms with van der Waals surface area (Å²) in [4.78, 5) is 19.2. The number of pyridine rings is 1. The van der Waals surface area contributed by atoms with Gasteiger partial charge in [-0.25, -0.2) is 0 Å². The van der Waals surface area contributed by atoms with Gasteiger partial charge >= 0.3 is 0 Å². The number of hydrogen-bond acceptors (Lipinski definition) is 3. The molecule has 1 aliphatic rings. The summed E-state index contributed by atoms with van der Waals surface area (Å²) in [7, 11) is 0. The molecule has 2 aromatic rings. The lowest BCUT2D eigenvalue weighted by molar-refractivity contribution is 0.0942. The largest absolute Gasteiger partial charge is 0.352 e. The minimum atomic E-state index is -0.0234. The lowest BCUT2D eigenvalue weighted by Crippen LogP contribution is -2.40. The maximum absolute atomic E-state index is 12.3. The Morgan fingerprint density at radius 2 is 2.21 bits per heavy atom. The monoisotopic (exact) mass is 325 g/mol. The SMILES string of the molecule is CC(C)N1CCC[C@@H](CCNC(=O)c2cnc3ccccc3c2)C1. The minimum Gasteiger partial charge on any atom is -0.352 e. The van der Waals surface area contributed by atoms with Crippen LogP contribution in [-0.4, -0.2) is 41.5 Å². The average Bonchev–Trinajstić information content (AvgIpc) is 2.61. The maximum atomic E-state index is 12.3. The van der Waals surface area contributed by atoms with Gasteiger partial charge in [0.05, 0.1) is 11.1 Å².